The Morgan fingerprint density at radius 1 is 1.21 bits per heavy atom. The summed E-state index contributed by atoms with van der Waals surface area (Å²) in [7, 11) is 1.55. The summed E-state index contributed by atoms with van der Waals surface area (Å²) in [5, 5.41) is 4.05. The molecule has 10 heteroatoms. The standard InChI is InChI=1S/C19H26N4O5S/c1-6-22-16(25)14(23(18(22)29)21-17(26)28-19(2,3)4)11-15(24)20-12-7-9-13(27-5)10-8-12/h7-10,14H,6,11H2,1-5H3,(H,20,24)(H,21,26)/t14-/m0/s1. The van der Waals surface area contributed by atoms with Gasteiger partial charge in [0.05, 0.1) is 13.5 Å². The average Bonchev–Trinajstić information content (AvgIpc) is 2.84. The largest absolute Gasteiger partial charge is 0.497 e. The molecule has 2 N–H and O–H groups in total. The Labute approximate surface area is 175 Å². The predicted octanol–water partition coefficient (Wildman–Crippen LogP) is 2.28. The minimum atomic E-state index is -0.965. The lowest BCUT2D eigenvalue weighted by Gasteiger charge is -2.26. The number of rotatable bonds is 6. The van der Waals surface area contributed by atoms with Crippen LogP contribution in [-0.4, -0.2) is 58.2 Å². The highest BCUT2D eigenvalue weighted by atomic mass is 32.1. The van der Waals surface area contributed by atoms with Gasteiger partial charge in [-0.25, -0.2) is 15.2 Å². The lowest BCUT2D eigenvalue weighted by atomic mass is 10.2. The molecule has 0 radical (unpaired) electrons. The number of carbonyl (C=O) groups excluding carboxylic acids is 3. The Balaban J connectivity index is 2.10. The molecule has 0 aliphatic carbocycles. The first-order valence-electron chi connectivity index (χ1n) is 9.13. The number of amides is 3. The number of ether oxygens (including phenoxy) is 2. The van der Waals surface area contributed by atoms with E-state index in [-0.39, 0.29) is 17.4 Å². The first kappa shape index (κ1) is 22.4. The van der Waals surface area contributed by atoms with Crippen LogP contribution in [0.1, 0.15) is 34.1 Å². The van der Waals surface area contributed by atoms with E-state index in [4.69, 9.17) is 21.7 Å². The van der Waals surface area contributed by atoms with Gasteiger partial charge in [0, 0.05) is 12.2 Å². The van der Waals surface area contributed by atoms with E-state index in [9.17, 15) is 14.4 Å². The summed E-state index contributed by atoms with van der Waals surface area (Å²) < 4.78 is 10.3. The number of nitrogens with one attached hydrogen (secondary N) is 2. The number of carbonyl (C=O) groups is 3. The van der Waals surface area contributed by atoms with Gasteiger partial charge in [0.2, 0.25) is 5.91 Å². The molecule has 1 aliphatic rings. The number of hydrazine groups is 1. The van der Waals surface area contributed by atoms with Crippen LogP contribution in [0.4, 0.5) is 10.5 Å². The third-order valence-corrected chi connectivity index (χ3v) is 4.40. The molecule has 0 unspecified atom stereocenters. The number of hydrogen-bond donors (Lipinski definition) is 2. The second-order valence-corrected chi connectivity index (χ2v) is 7.71. The van der Waals surface area contributed by atoms with Crippen molar-refractivity contribution in [3.05, 3.63) is 24.3 Å². The number of nitrogens with zero attached hydrogens (tertiary/aromatic N) is 2. The van der Waals surface area contributed by atoms with Gasteiger partial charge in [0.25, 0.3) is 5.91 Å². The zero-order chi connectivity index (χ0) is 21.8. The predicted molar refractivity (Wildman–Crippen MR) is 111 cm³/mol. The second kappa shape index (κ2) is 9.08. The molecule has 1 aliphatic heterocycles. The molecule has 1 heterocycles. The van der Waals surface area contributed by atoms with E-state index in [1.54, 1.807) is 59.1 Å². The maximum atomic E-state index is 12.7. The van der Waals surface area contributed by atoms with Crippen LogP contribution < -0.4 is 15.5 Å². The number of anilines is 1. The summed E-state index contributed by atoms with van der Waals surface area (Å²) in [6.45, 7) is 7.24. The first-order valence-corrected chi connectivity index (χ1v) is 9.54. The van der Waals surface area contributed by atoms with Crippen LogP contribution in [0.15, 0.2) is 24.3 Å². The number of benzene rings is 1. The normalized spacial score (nSPS) is 16.7. The average molecular weight is 423 g/mol. The summed E-state index contributed by atoms with van der Waals surface area (Å²) in [6, 6.07) is 5.83. The van der Waals surface area contributed by atoms with E-state index in [0.717, 1.165) is 0 Å². The topological polar surface area (TPSA) is 100 Å². The van der Waals surface area contributed by atoms with Gasteiger partial charge in [-0.2, -0.15) is 0 Å². The van der Waals surface area contributed by atoms with Crippen LogP contribution in [0.25, 0.3) is 0 Å². The smallest absolute Gasteiger partial charge is 0.426 e. The number of hydrogen-bond acceptors (Lipinski definition) is 6. The van der Waals surface area contributed by atoms with Crippen molar-refractivity contribution in [1.82, 2.24) is 15.3 Å². The molecule has 0 bridgehead atoms. The lowest BCUT2D eigenvalue weighted by molar-refractivity contribution is -0.131. The fourth-order valence-corrected chi connectivity index (χ4v) is 3.10. The van der Waals surface area contributed by atoms with Crippen molar-refractivity contribution in [3.63, 3.8) is 0 Å². The molecular formula is C19H26N4O5S. The summed E-state index contributed by atoms with van der Waals surface area (Å²) in [4.78, 5) is 38.7. The van der Waals surface area contributed by atoms with Gasteiger partial charge in [0.15, 0.2) is 5.11 Å². The van der Waals surface area contributed by atoms with Gasteiger partial charge in [0.1, 0.15) is 17.4 Å². The van der Waals surface area contributed by atoms with E-state index in [1.807, 2.05) is 0 Å². The molecule has 1 aromatic rings. The minimum Gasteiger partial charge on any atom is -0.497 e. The van der Waals surface area contributed by atoms with Crippen molar-refractivity contribution in [2.24, 2.45) is 0 Å². The Morgan fingerprint density at radius 2 is 1.83 bits per heavy atom. The van der Waals surface area contributed by atoms with Crippen LogP contribution in [0, 0.1) is 0 Å². The molecule has 0 aromatic heterocycles. The lowest BCUT2D eigenvalue weighted by Crippen LogP contribution is -2.51. The summed E-state index contributed by atoms with van der Waals surface area (Å²) >= 11 is 5.30. The maximum Gasteiger partial charge on any atom is 0.426 e. The summed E-state index contributed by atoms with van der Waals surface area (Å²) in [6.07, 6.45) is -0.955. The zero-order valence-corrected chi connectivity index (χ0v) is 18.0. The number of thiocarbonyl (C=S) groups is 1. The van der Waals surface area contributed by atoms with Gasteiger partial charge >= 0.3 is 6.09 Å². The van der Waals surface area contributed by atoms with Crippen molar-refractivity contribution >= 4 is 40.9 Å². The van der Waals surface area contributed by atoms with Crippen LogP contribution in [0.2, 0.25) is 0 Å². The molecule has 2 rings (SSSR count). The fraction of sp³-hybridized carbons (Fsp3) is 0.474. The monoisotopic (exact) mass is 422 g/mol. The summed E-state index contributed by atoms with van der Waals surface area (Å²) in [5.74, 6) is -0.102. The van der Waals surface area contributed by atoms with E-state index in [1.165, 1.54) is 9.91 Å². The fourth-order valence-electron chi connectivity index (χ4n) is 2.70. The molecular weight excluding hydrogens is 396 g/mol. The third kappa shape index (κ3) is 5.80. The van der Waals surface area contributed by atoms with Crippen molar-refractivity contribution < 1.29 is 23.9 Å². The Bertz CT molecular complexity index is 791. The highest BCUT2D eigenvalue weighted by Gasteiger charge is 2.44. The van der Waals surface area contributed by atoms with Gasteiger partial charge < -0.3 is 14.8 Å². The summed E-state index contributed by atoms with van der Waals surface area (Å²) in [5.41, 5.74) is 2.32. The number of likely N-dealkylation sites (N-methyl/N-ethyl adjacent to an activating group) is 1. The molecule has 1 fully saturated rings. The van der Waals surface area contributed by atoms with E-state index in [0.29, 0.717) is 18.0 Å². The molecule has 1 atom stereocenters. The van der Waals surface area contributed by atoms with Crippen molar-refractivity contribution in [2.45, 2.75) is 45.8 Å². The van der Waals surface area contributed by atoms with Crippen LogP contribution >= 0.6 is 12.2 Å². The van der Waals surface area contributed by atoms with E-state index in [2.05, 4.69) is 10.7 Å². The molecule has 1 saturated heterocycles. The van der Waals surface area contributed by atoms with Gasteiger partial charge in [-0.15, -0.1) is 0 Å². The van der Waals surface area contributed by atoms with Crippen LogP contribution in [0.3, 0.4) is 0 Å². The highest BCUT2D eigenvalue weighted by molar-refractivity contribution is 7.80. The van der Waals surface area contributed by atoms with Crippen LogP contribution in [-0.2, 0) is 14.3 Å². The first-order chi connectivity index (χ1) is 13.6. The SMILES string of the molecule is CCN1C(=O)[C@H](CC(=O)Nc2ccc(OC)cc2)N(NC(=O)OC(C)(C)C)C1=S. The van der Waals surface area contributed by atoms with Crippen molar-refractivity contribution in [3.8, 4) is 5.75 Å². The van der Waals surface area contributed by atoms with E-state index >= 15 is 0 Å². The minimum absolute atomic E-state index is 0.116. The van der Waals surface area contributed by atoms with E-state index < -0.39 is 23.6 Å². The molecule has 0 saturated carbocycles. The second-order valence-electron chi connectivity index (χ2n) is 7.35. The van der Waals surface area contributed by atoms with Gasteiger partial charge in [-0.3, -0.25) is 14.5 Å². The quantitative estimate of drug-likeness (QED) is 0.679. The Morgan fingerprint density at radius 3 is 2.34 bits per heavy atom. The van der Waals surface area contributed by atoms with Gasteiger partial charge in [-0.05, 0) is 64.2 Å². The molecule has 1 aromatic carbocycles. The van der Waals surface area contributed by atoms with Gasteiger partial charge in [-0.1, -0.05) is 0 Å². The third-order valence-electron chi connectivity index (χ3n) is 3.98. The van der Waals surface area contributed by atoms with Crippen LogP contribution in [0.5, 0.6) is 5.75 Å². The number of methoxy groups -OCH3 is 1. The Hall–Kier alpha value is -2.88. The zero-order valence-electron chi connectivity index (χ0n) is 17.1. The molecule has 9 nitrogen and oxygen atoms in total. The molecule has 158 valence electrons. The highest BCUT2D eigenvalue weighted by Crippen LogP contribution is 2.21. The van der Waals surface area contributed by atoms with Crippen molar-refractivity contribution in [1.29, 1.82) is 0 Å². The molecule has 29 heavy (non-hydrogen) atoms. The maximum absolute atomic E-state index is 12.7. The van der Waals surface area contributed by atoms with Crippen molar-refractivity contribution in [2.75, 3.05) is 19.0 Å². The molecule has 3 amide bonds. The molecule has 0 spiro atoms. The Kier molecular flexibility index (Phi) is 7.02.